The Hall–Kier alpha value is -2.02. The Balaban J connectivity index is 1.96. The second-order valence-electron chi connectivity index (χ2n) is 4.14. The first kappa shape index (κ1) is 13.4. The smallest absolute Gasteiger partial charge is 0.237 e. The SMILES string of the molecule is Cc1ccc(NC(=O)[C@H](C)Sc2nncn2N)cc1. The molecule has 0 saturated carbocycles. The molecule has 3 N–H and O–H groups in total. The molecule has 0 radical (unpaired) electrons. The van der Waals surface area contributed by atoms with Crippen molar-refractivity contribution in [1.82, 2.24) is 14.9 Å². The summed E-state index contributed by atoms with van der Waals surface area (Å²) < 4.78 is 1.29. The summed E-state index contributed by atoms with van der Waals surface area (Å²) in [5, 5.41) is 10.5. The maximum absolute atomic E-state index is 12.0. The van der Waals surface area contributed by atoms with Gasteiger partial charge in [0.1, 0.15) is 6.33 Å². The Kier molecular flexibility index (Phi) is 4.06. The molecular formula is C12H15N5OS. The molecule has 19 heavy (non-hydrogen) atoms. The highest BCUT2D eigenvalue weighted by Crippen LogP contribution is 2.20. The monoisotopic (exact) mass is 277 g/mol. The Morgan fingerprint density at radius 3 is 2.68 bits per heavy atom. The first-order valence-corrected chi connectivity index (χ1v) is 6.63. The van der Waals surface area contributed by atoms with Gasteiger partial charge < -0.3 is 11.2 Å². The molecule has 0 spiro atoms. The van der Waals surface area contributed by atoms with E-state index in [1.54, 1.807) is 6.92 Å². The zero-order valence-electron chi connectivity index (χ0n) is 10.7. The van der Waals surface area contributed by atoms with Crippen LogP contribution < -0.4 is 11.2 Å². The lowest BCUT2D eigenvalue weighted by molar-refractivity contribution is -0.115. The maximum Gasteiger partial charge on any atom is 0.237 e. The van der Waals surface area contributed by atoms with Gasteiger partial charge in [0.15, 0.2) is 0 Å². The topological polar surface area (TPSA) is 85.8 Å². The fourth-order valence-electron chi connectivity index (χ4n) is 1.41. The molecule has 1 heterocycles. The fourth-order valence-corrected chi connectivity index (χ4v) is 2.15. The van der Waals surface area contributed by atoms with Crippen LogP contribution in [0.5, 0.6) is 0 Å². The predicted molar refractivity (Wildman–Crippen MR) is 75.3 cm³/mol. The quantitative estimate of drug-likeness (QED) is 0.652. The number of nitrogen functional groups attached to an aromatic ring is 1. The fraction of sp³-hybridized carbons (Fsp3) is 0.250. The van der Waals surface area contributed by atoms with Gasteiger partial charge >= 0.3 is 0 Å². The molecular weight excluding hydrogens is 262 g/mol. The number of nitrogens with zero attached hydrogens (tertiary/aromatic N) is 3. The molecule has 7 heteroatoms. The van der Waals surface area contributed by atoms with Crippen molar-refractivity contribution < 1.29 is 4.79 Å². The molecule has 6 nitrogen and oxygen atoms in total. The van der Waals surface area contributed by atoms with Crippen LogP contribution in [0, 0.1) is 6.92 Å². The lowest BCUT2D eigenvalue weighted by Gasteiger charge is -2.11. The third kappa shape index (κ3) is 3.47. The molecule has 100 valence electrons. The number of aromatic nitrogens is 3. The summed E-state index contributed by atoms with van der Waals surface area (Å²) in [6, 6.07) is 7.64. The van der Waals surface area contributed by atoms with Crippen LogP contribution in [0.15, 0.2) is 35.7 Å². The largest absolute Gasteiger partial charge is 0.336 e. The average molecular weight is 277 g/mol. The second kappa shape index (κ2) is 5.75. The molecule has 0 saturated heterocycles. The number of nitrogens with one attached hydrogen (secondary N) is 1. The molecule has 1 amide bonds. The Morgan fingerprint density at radius 1 is 1.42 bits per heavy atom. The van der Waals surface area contributed by atoms with Crippen LogP contribution in [0.4, 0.5) is 5.69 Å². The third-order valence-corrected chi connectivity index (χ3v) is 3.58. The van der Waals surface area contributed by atoms with Crippen molar-refractivity contribution in [3.05, 3.63) is 36.2 Å². The molecule has 0 fully saturated rings. The van der Waals surface area contributed by atoms with E-state index >= 15 is 0 Å². The summed E-state index contributed by atoms with van der Waals surface area (Å²) in [4.78, 5) is 12.0. The van der Waals surface area contributed by atoms with E-state index in [2.05, 4.69) is 15.5 Å². The summed E-state index contributed by atoms with van der Waals surface area (Å²) in [7, 11) is 0. The van der Waals surface area contributed by atoms with Crippen LogP contribution in [0.3, 0.4) is 0 Å². The van der Waals surface area contributed by atoms with E-state index in [9.17, 15) is 4.79 Å². The average Bonchev–Trinajstić information content (AvgIpc) is 2.78. The number of carbonyl (C=O) groups is 1. The summed E-state index contributed by atoms with van der Waals surface area (Å²) in [5.74, 6) is 5.50. The highest BCUT2D eigenvalue weighted by atomic mass is 32.2. The van der Waals surface area contributed by atoms with Gasteiger partial charge in [-0.15, -0.1) is 10.2 Å². The summed E-state index contributed by atoms with van der Waals surface area (Å²) in [6.45, 7) is 3.79. The van der Waals surface area contributed by atoms with E-state index in [4.69, 9.17) is 5.84 Å². The van der Waals surface area contributed by atoms with Crippen molar-refractivity contribution in [2.45, 2.75) is 24.3 Å². The number of hydrogen-bond acceptors (Lipinski definition) is 5. The van der Waals surface area contributed by atoms with Gasteiger partial charge in [0.25, 0.3) is 0 Å². The molecule has 0 bridgehead atoms. The lowest BCUT2D eigenvalue weighted by atomic mass is 10.2. The van der Waals surface area contributed by atoms with E-state index in [1.807, 2.05) is 31.2 Å². The summed E-state index contributed by atoms with van der Waals surface area (Å²) >= 11 is 1.26. The maximum atomic E-state index is 12.0. The van der Waals surface area contributed by atoms with E-state index in [0.717, 1.165) is 11.3 Å². The van der Waals surface area contributed by atoms with Gasteiger partial charge in [0, 0.05) is 5.69 Å². The van der Waals surface area contributed by atoms with Gasteiger partial charge in [-0.25, -0.2) is 4.68 Å². The van der Waals surface area contributed by atoms with E-state index in [0.29, 0.717) is 5.16 Å². The van der Waals surface area contributed by atoms with Crippen molar-refractivity contribution in [3.63, 3.8) is 0 Å². The lowest BCUT2D eigenvalue weighted by Crippen LogP contribution is -2.23. The van der Waals surface area contributed by atoms with Crippen LogP contribution in [0.1, 0.15) is 12.5 Å². The number of carbonyl (C=O) groups excluding carboxylic acids is 1. The van der Waals surface area contributed by atoms with E-state index < -0.39 is 0 Å². The van der Waals surface area contributed by atoms with Crippen LogP contribution in [-0.4, -0.2) is 26.0 Å². The van der Waals surface area contributed by atoms with Gasteiger partial charge in [0.2, 0.25) is 11.1 Å². The van der Waals surface area contributed by atoms with Gasteiger partial charge in [-0.05, 0) is 26.0 Å². The zero-order valence-corrected chi connectivity index (χ0v) is 11.5. The van der Waals surface area contributed by atoms with Gasteiger partial charge in [-0.2, -0.15) is 0 Å². The molecule has 1 aromatic heterocycles. The first-order valence-electron chi connectivity index (χ1n) is 5.75. The van der Waals surface area contributed by atoms with Crippen LogP contribution in [0.25, 0.3) is 0 Å². The number of nitrogens with two attached hydrogens (primary N) is 1. The Labute approximate surface area is 115 Å². The highest BCUT2D eigenvalue weighted by molar-refractivity contribution is 8.00. The molecule has 2 rings (SSSR count). The third-order valence-electron chi connectivity index (χ3n) is 2.51. The number of anilines is 1. The van der Waals surface area contributed by atoms with Crippen LogP contribution >= 0.6 is 11.8 Å². The van der Waals surface area contributed by atoms with Crippen molar-refractivity contribution in [3.8, 4) is 0 Å². The van der Waals surface area contributed by atoms with Crippen LogP contribution in [0.2, 0.25) is 0 Å². The molecule has 0 aliphatic carbocycles. The Bertz CT molecular complexity index is 566. The van der Waals surface area contributed by atoms with Gasteiger partial charge in [0.05, 0.1) is 5.25 Å². The van der Waals surface area contributed by atoms with Crippen molar-refractivity contribution in [2.24, 2.45) is 0 Å². The predicted octanol–water partition coefficient (Wildman–Crippen LogP) is 1.42. The minimum absolute atomic E-state index is 0.100. The minimum Gasteiger partial charge on any atom is -0.336 e. The number of amides is 1. The molecule has 1 aromatic carbocycles. The number of hydrogen-bond donors (Lipinski definition) is 2. The van der Waals surface area contributed by atoms with E-state index in [-0.39, 0.29) is 11.2 Å². The molecule has 0 aliphatic heterocycles. The standard InChI is InChI=1S/C12H15N5OS/c1-8-3-5-10(6-4-8)15-11(18)9(2)19-12-16-14-7-17(12)13/h3-7,9H,13H2,1-2H3,(H,15,18)/t9-/m0/s1. The number of aryl methyl sites for hydroxylation is 1. The van der Waals surface area contributed by atoms with E-state index in [1.165, 1.54) is 22.8 Å². The van der Waals surface area contributed by atoms with Crippen molar-refractivity contribution in [1.29, 1.82) is 0 Å². The van der Waals surface area contributed by atoms with Crippen molar-refractivity contribution >= 4 is 23.4 Å². The summed E-state index contributed by atoms with van der Waals surface area (Å²) in [6.07, 6.45) is 1.40. The zero-order chi connectivity index (χ0) is 13.8. The molecule has 0 aliphatic rings. The summed E-state index contributed by atoms with van der Waals surface area (Å²) in [5.41, 5.74) is 1.92. The molecule has 1 atom stereocenters. The minimum atomic E-state index is -0.312. The molecule has 2 aromatic rings. The van der Waals surface area contributed by atoms with Crippen LogP contribution in [-0.2, 0) is 4.79 Å². The van der Waals surface area contributed by atoms with Gasteiger partial charge in [-0.3, -0.25) is 4.79 Å². The Morgan fingerprint density at radius 2 is 2.11 bits per heavy atom. The second-order valence-corrected chi connectivity index (χ2v) is 5.44. The number of benzene rings is 1. The highest BCUT2D eigenvalue weighted by Gasteiger charge is 2.17. The van der Waals surface area contributed by atoms with Crippen molar-refractivity contribution in [2.75, 3.05) is 11.2 Å². The first-order chi connectivity index (χ1) is 9.06. The normalized spacial score (nSPS) is 12.1. The molecule has 0 unspecified atom stereocenters. The number of rotatable bonds is 4. The van der Waals surface area contributed by atoms with Gasteiger partial charge in [-0.1, -0.05) is 29.5 Å². The number of thioether (sulfide) groups is 1.